The molecule has 0 aromatic carbocycles. The molecule has 0 aromatic heterocycles. The molecule has 0 amide bonds. The smallest absolute Gasteiger partial charge is 0.0235 e. The maximum atomic E-state index is 6.20. The van der Waals surface area contributed by atoms with Crippen LogP contribution in [-0.2, 0) is 0 Å². The molecule has 0 radical (unpaired) electrons. The van der Waals surface area contributed by atoms with Gasteiger partial charge in [0.25, 0.3) is 0 Å². The Kier molecular flexibility index (Phi) is 4.68. The minimum absolute atomic E-state index is 0.428. The van der Waals surface area contributed by atoms with Crippen LogP contribution in [0.4, 0.5) is 0 Å². The third-order valence-electron chi connectivity index (χ3n) is 6.08. The highest BCUT2D eigenvalue weighted by Crippen LogP contribution is 2.40. The van der Waals surface area contributed by atoms with Crippen molar-refractivity contribution in [1.29, 1.82) is 0 Å². The second-order valence-electron chi connectivity index (χ2n) is 7.83. The predicted octanol–water partition coefficient (Wildman–Crippen LogP) is 2.31. The average Bonchev–Trinajstić information content (AvgIpc) is 3.09. The van der Waals surface area contributed by atoms with Crippen molar-refractivity contribution in [2.24, 2.45) is 17.1 Å². The average molecular weight is 279 g/mol. The van der Waals surface area contributed by atoms with Gasteiger partial charge in [0.15, 0.2) is 0 Å². The first-order chi connectivity index (χ1) is 9.71. The standard InChI is InChI=1S/C17H33N3/c1-15-5-4-7-17(11-15,13-18)14-19-10-6-16(12-19)20-8-2-3-9-20/h15-16H,2-14,18H2,1H3. The Hall–Kier alpha value is -0.120. The Balaban J connectivity index is 1.54. The summed E-state index contributed by atoms with van der Waals surface area (Å²) in [7, 11) is 0. The van der Waals surface area contributed by atoms with E-state index in [4.69, 9.17) is 5.73 Å². The van der Waals surface area contributed by atoms with Gasteiger partial charge >= 0.3 is 0 Å². The molecule has 3 fully saturated rings. The fourth-order valence-corrected chi connectivity index (χ4v) is 5.00. The lowest BCUT2D eigenvalue weighted by atomic mass is 9.70. The molecule has 0 spiro atoms. The number of hydrogen-bond acceptors (Lipinski definition) is 3. The lowest BCUT2D eigenvalue weighted by Crippen LogP contribution is -2.45. The summed E-state index contributed by atoms with van der Waals surface area (Å²) in [6, 6.07) is 0.841. The second kappa shape index (κ2) is 6.33. The van der Waals surface area contributed by atoms with Gasteiger partial charge in [0.05, 0.1) is 0 Å². The molecule has 1 aliphatic carbocycles. The largest absolute Gasteiger partial charge is 0.330 e. The van der Waals surface area contributed by atoms with Crippen molar-refractivity contribution >= 4 is 0 Å². The highest BCUT2D eigenvalue weighted by molar-refractivity contribution is 4.93. The Morgan fingerprint density at radius 2 is 1.90 bits per heavy atom. The van der Waals surface area contributed by atoms with Crippen LogP contribution in [-0.4, -0.2) is 55.1 Å². The molecule has 2 N–H and O–H groups in total. The highest BCUT2D eigenvalue weighted by Gasteiger charge is 2.38. The lowest BCUT2D eigenvalue weighted by molar-refractivity contribution is 0.0958. The van der Waals surface area contributed by atoms with Crippen LogP contribution in [0.2, 0.25) is 0 Å². The molecule has 116 valence electrons. The molecule has 3 nitrogen and oxygen atoms in total. The molecule has 3 atom stereocenters. The fraction of sp³-hybridized carbons (Fsp3) is 1.00. The summed E-state index contributed by atoms with van der Waals surface area (Å²) in [4.78, 5) is 5.46. The molecule has 3 aliphatic rings. The monoisotopic (exact) mass is 279 g/mol. The molecule has 2 aliphatic heterocycles. The number of hydrogen-bond donors (Lipinski definition) is 1. The zero-order valence-electron chi connectivity index (χ0n) is 13.3. The molecule has 3 rings (SSSR count). The van der Waals surface area contributed by atoms with Gasteiger partial charge in [-0.3, -0.25) is 4.90 Å². The minimum atomic E-state index is 0.428. The molecule has 1 saturated carbocycles. The van der Waals surface area contributed by atoms with Crippen molar-refractivity contribution in [3.05, 3.63) is 0 Å². The zero-order chi connectivity index (χ0) is 14.0. The molecule has 2 heterocycles. The van der Waals surface area contributed by atoms with Gasteiger partial charge in [-0.2, -0.15) is 0 Å². The van der Waals surface area contributed by atoms with Crippen LogP contribution in [0, 0.1) is 11.3 Å². The van der Waals surface area contributed by atoms with E-state index in [0.717, 1.165) is 18.5 Å². The Morgan fingerprint density at radius 1 is 1.10 bits per heavy atom. The van der Waals surface area contributed by atoms with Gasteiger partial charge in [-0.15, -0.1) is 0 Å². The molecule has 2 saturated heterocycles. The van der Waals surface area contributed by atoms with Gasteiger partial charge in [-0.05, 0) is 69.6 Å². The maximum Gasteiger partial charge on any atom is 0.0235 e. The van der Waals surface area contributed by atoms with E-state index in [2.05, 4.69) is 16.7 Å². The van der Waals surface area contributed by atoms with Gasteiger partial charge in [0.2, 0.25) is 0 Å². The van der Waals surface area contributed by atoms with Crippen LogP contribution in [0.25, 0.3) is 0 Å². The molecule has 0 bridgehead atoms. The van der Waals surface area contributed by atoms with E-state index in [9.17, 15) is 0 Å². The highest BCUT2D eigenvalue weighted by atomic mass is 15.3. The van der Waals surface area contributed by atoms with Crippen LogP contribution >= 0.6 is 0 Å². The van der Waals surface area contributed by atoms with Crippen molar-refractivity contribution in [3.63, 3.8) is 0 Å². The number of likely N-dealkylation sites (tertiary alicyclic amines) is 2. The van der Waals surface area contributed by atoms with Gasteiger partial charge in [0.1, 0.15) is 0 Å². The van der Waals surface area contributed by atoms with Crippen LogP contribution in [0.15, 0.2) is 0 Å². The number of nitrogens with two attached hydrogens (primary N) is 1. The summed E-state index contributed by atoms with van der Waals surface area (Å²) in [5.41, 5.74) is 6.63. The lowest BCUT2D eigenvalue weighted by Gasteiger charge is -2.42. The van der Waals surface area contributed by atoms with Gasteiger partial charge < -0.3 is 10.6 Å². The summed E-state index contributed by atoms with van der Waals surface area (Å²) >= 11 is 0. The first-order valence-electron chi connectivity index (χ1n) is 8.87. The first-order valence-corrected chi connectivity index (χ1v) is 8.87. The van der Waals surface area contributed by atoms with Crippen molar-refractivity contribution < 1.29 is 0 Å². The molecule has 20 heavy (non-hydrogen) atoms. The third kappa shape index (κ3) is 3.20. The zero-order valence-corrected chi connectivity index (χ0v) is 13.3. The summed E-state index contributed by atoms with van der Waals surface area (Å²) in [6.07, 6.45) is 9.74. The van der Waals surface area contributed by atoms with E-state index < -0.39 is 0 Å². The van der Waals surface area contributed by atoms with E-state index in [1.165, 1.54) is 77.7 Å². The SMILES string of the molecule is CC1CCCC(CN)(CN2CCC(N3CCCC3)C2)C1. The molecular weight excluding hydrogens is 246 g/mol. The van der Waals surface area contributed by atoms with Crippen LogP contribution < -0.4 is 5.73 Å². The minimum Gasteiger partial charge on any atom is -0.330 e. The molecule has 3 unspecified atom stereocenters. The van der Waals surface area contributed by atoms with Crippen LogP contribution in [0.5, 0.6) is 0 Å². The van der Waals surface area contributed by atoms with E-state index in [1.54, 1.807) is 0 Å². The molecule has 0 aromatic rings. The van der Waals surface area contributed by atoms with Crippen molar-refractivity contribution in [2.45, 2.75) is 57.9 Å². The normalized spacial score (nSPS) is 40.5. The maximum absolute atomic E-state index is 6.20. The van der Waals surface area contributed by atoms with E-state index in [0.29, 0.717) is 5.41 Å². The van der Waals surface area contributed by atoms with Crippen LogP contribution in [0.3, 0.4) is 0 Å². The summed E-state index contributed by atoms with van der Waals surface area (Å²) in [6.45, 7) is 9.86. The third-order valence-corrected chi connectivity index (χ3v) is 6.08. The van der Waals surface area contributed by atoms with Gasteiger partial charge in [-0.1, -0.05) is 19.8 Å². The summed E-state index contributed by atoms with van der Waals surface area (Å²) < 4.78 is 0. The van der Waals surface area contributed by atoms with Crippen LogP contribution in [0.1, 0.15) is 51.9 Å². The van der Waals surface area contributed by atoms with Crippen molar-refractivity contribution in [1.82, 2.24) is 9.80 Å². The number of rotatable bonds is 4. The fourth-order valence-electron chi connectivity index (χ4n) is 5.00. The van der Waals surface area contributed by atoms with Gasteiger partial charge in [-0.25, -0.2) is 0 Å². The number of nitrogens with zero attached hydrogens (tertiary/aromatic N) is 2. The topological polar surface area (TPSA) is 32.5 Å². The first kappa shape index (κ1) is 14.8. The quantitative estimate of drug-likeness (QED) is 0.857. The summed E-state index contributed by atoms with van der Waals surface area (Å²) in [5.74, 6) is 0.879. The summed E-state index contributed by atoms with van der Waals surface area (Å²) in [5, 5.41) is 0. The van der Waals surface area contributed by atoms with Crippen molar-refractivity contribution in [3.8, 4) is 0 Å². The molecular formula is C17H33N3. The van der Waals surface area contributed by atoms with E-state index >= 15 is 0 Å². The van der Waals surface area contributed by atoms with Gasteiger partial charge in [0, 0.05) is 19.1 Å². The predicted molar refractivity (Wildman–Crippen MR) is 84.8 cm³/mol. The van der Waals surface area contributed by atoms with E-state index in [-0.39, 0.29) is 0 Å². The second-order valence-corrected chi connectivity index (χ2v) is 7.83. The Morgan fingerprint density at radius 3 is 2.60 bits per heavy atom. The van der Waals surface area contributed by atoms with E-state index in [1.807, 2.05) is 0 Å². The molecule has 3 heteroatoms. The Labute approximate surface area is 124 Å². The Bertz CT molecular complexity index is 313. The van der Waals surface area contributed by atoms with Crippen molar-refractivity contribution in [2.75, 3.05) is 39.3 Å².